The van der Waals surface area contributed by atoms with Crippen molar-refractivity contribution in [3.63, 3.8) is 0 Å². The maximum atomic E-state index is 9.01. The lowest BCUT2D eigenvalue weighted by molar-refractivity contribution is 0.304. The van der Waals surface area contributed by atoms with E-state index in [9.17, 15) is 0 Å². The van der Waals surface area contributed by atoms with Crippen molar-refractivity contribution in [3.8, 4) is 0 Å². The monoisotopic (exact) mass is 331 g/mol. The van der Waals surface area contributed by atoms with Gasteiger partial charge in [0.15, 0.2) is 0 Å². The second-order valence-corrected chi connectivity index (χ2v) is 7.30. The van der Waals surface area contributed by atoms with Crippen LogP contribution in [0, 0.1) is 0 Å². The minimum Gasteiger partial charge on any atom is -0.395 e. The van der Waals surface area contributed by atoms with E-state index in [-0.39, 0.29) is 12.6 Å². The number of anilines is 2. The fourth-order valence-electron chi connectivity index (χ4n) is 2.96. The number of aliphatic hydroxyl groups is 1. The number of nitrogens with one attached hydrogen (secondary N) is 1. The molecule has 1 aromatic heterocycles. The van der Waals surface area contributed by atoms with Crippen molar-refractivity contribution in [2.24, 2.45) is 0 Å². The Morgan fingerprint density at radius 1 is 1.26 bits per heavy atom. The molecule has 3 rings (SSSR count). The molecule has 0 fully saturated rings. The SMILES string of the molecule is CC(Nc1ccc(N(C)CCO)cc1)c1nc2c(s1)CCCC2. The molecular formula is C18H25N3OS. The summed E-state index contributed by atoms with van der Waals surface area (Å²) in [6.07, 6.45) is 4.93. The van der Waals surface area contributed by atoms with Crippen LogP contribution in [0.3, 0.4) is 0 Å². The molecule has 0 spiro atoms. The van der Waals surface area contributed by atoms with E-state index in [4.69, 9.17) is 10.1 Å². The summed E-state index contributed by atoms with van der Waals surface area (Å²) in [5.74, 6) is 0. The Morgan fingerprint density at radius 2 is 2.00 bits per heavy atom. The van der Waals surface area contributed by atoms with Crippen molar-refractivity contribution < 1.29 is 5.11 Å². The summed E-state index contributed by atoms with van der Waals surface area (Å²) in [7, 11) is 1.99. The van der Waals surface area contributed by atoms with Gasteiger partial charge >= 0.3 is 0 Å². The molecule has 2 aromatic rings. The molecule has 124 valence electrons. The first-order chi connectivity index (χ1) is 11.2. The van der Waals surface area contributed by atoms with Gasteiger partial charge in [-0.3, -0.25) is 0 Å². The molecule has 1 aliphatic rings. The summed E-state index contributed by atoms with van der Waals surface area (Å²) in [5.41, 5.74) is 3.54. The van der Waals surface area contributed by atoms with Crippen LogP contribution < -0.4 is 10.2 Å². The summed E-state index contributed by atoms with van der Waals surface area (Å²) in [5, 5.41) is 13.7. The molecule has 1 atom stereocenters. The van der Waals surface area contributed by atoms with Crippen LogP contribution in [0.1, 0.15) is 41.4 Å². The van der Waals surface area contributed by atoms with E-state index in [1.807, 2.05) is 23.3 Å². The number of fused-ring (bicyclic) bond motifs is 1. The molecule has 1 heterocycles. The van der Waals surface area contributed by atoms with Gasteiger partial charge in [0.25, 0.3) is 0 Å². The standard InChI is InChI=1S/C18H25N3OS/c1-13(18-20-16-5-3-4-6-17(16)23-18)19-14-7-9-15(10-8-14)21(2)11-12-22/h7-10,13,19,22H,3-6,11-12H2,1-2H3. The van der Waals surface area contributed by atoms with Crippen LogP contribution in [0.2, 0.25) is 0 Å². The molecule has 0 radical (unpaired) electrons. The number of aromatic nitrogens is 1. The number of rotatable bonds is 6. The minimum atomic E-state index is 0.169. The van der Waals surface area contributed by atoms with Gasteiger partial charge in [-0.1, -0.05) is 0 Å². The topological polar surface area (TPSA) is 48.4 Å². The average Bonchev–Trinajstić information content (AvgIpc) is 3.00. The van der Waals surface area contributed by atoms with Crippen LogP contribution in [-0.4, -0.2) is 30.3 Å². The van der Waals surface area contributed by atoms with Gasteiger partial charge in [0, 0.05) is 29.8 Å². The van der Waals surface area contributed by atoms with Gasteiger partial charge in [-0.25, -0.2) is 4.98 Å². The second-order valence-electron chi connectivity index (χ2n) is 6.19. The van der Waals surface area contributed by atoms with Crippen molar-refractivity contribution in [1.29, 1.82) is 0 Å². The molecule has 0 saturated heterocycles. The van der Waals surface area contributed by atoms with Crippen molar-refractivity contribution in [2.45, 2.75) is 38.6 Å². The van der Waals surface area contributed by atoms with Gasteiger partial charge in [-0.2, -0.15) is 0 Å². The first-order valence-corrected chi connectivity index (χ1v) is 9.16. The first-order valence-electron chi connectivity index (χ1n) is 8.34. The number of hydrogen-bond acceptors (Lipinski definition) is 5. The lowest BCUT2D eigenvalue weighted by atomic mass is 10.0. The largest absolute Gasteiger partial charge is 0.395 e. The van der Waals surface area contributed by atoms with Crippen molar-refractivity contribution >= 4 is 22.7 Å². The van der Waals surface area contributed by atoms with E-state index >= 15 is 0 Å². The highest BCUT2D eigenvalue weighted by Gasteiger charge is 2.18. The minimum absolute atomic E-state index is 0.169. The van der Waals surface area contributed by atoms with E-state index in [0.29, 0.717) is 6.54 Å². The third kappa shape index (κ3) is 3.85. The Bertz CT molecular complexity index is 615. The second kappa shape index (κ2) is 7.32. The molecule has 0 amide bonds. The summed E-state index contributed by atoms with van der Waals surface area (Å²) in [4.78, 5) is 8.37. The highest BCUT2D eigenvalue weighted by atomic mass is 32.1. The van der Waals surface area contributed by atoms with Crippen LogP contribution in [0.15, 0.2) is 24.3 Å². The van der Waals surface area contributed by atoms with Gasteiger partial charge in [-0.05, 0) is 56.9 Å². The first kappa shape index (κ1) is 16.3. The van der Waals surface area contributed by atoms with Gasteiger partial charge < -0.3 is 15.3 Å². The van der Waals surface area contributed by atoms with E-state index in [1.165, 1.54) is 34.8 Å². The molecule has 4 nitrogen and oxygen atoms in total. The van der Waals surface area contributed by atoms with Crippen LogP contribution in [-0.2, 0) is 12.8 Å². The van der Waals surface area contributed by atoms with E-state index in [0.717, 1.165) is 17.8 Å². The molecule has 0 bridgehead atoms. The Labute approximate surface area is 142 Å². The number of benzene rings is 1. The number of nitrogens with zero attached hydrogens (tertiary/aromatic N) is 2. The number of aliphatic hydroxyl groups excluding tert-OH is 1. The predicted molar refractivity (Wildman–Crippen MR) is 97.6 cm³/mol. The Kier molecular flexibility index (Phi) is 5.18. The Morgan fingerprint density at radius 3 is 2.70 bits per heavy atom. The number of thiazole rings is 1. The van der Waals surface area contributed by atoms with Gasteiger partial charge in [0.05, 0.1) is 18.3 Å². The van der Waals surface area contributed by atoms with Gasteiger partial charge in [0.1, 0.15) is 5.01 Å². The fourth-order valence-corrected chi connectivity index (χ4v) is 4.12. The summed E-state index contributed by atoms with van der Waals surface area (Å²) < 4.78 is 0. The highest BCUT2D eigenvalue weighted by Crippen LogP contribution is 2.31. The Hall–Kier alpha value is -1.59. The molecular weight excluding hydrogens is 306 g/mol. The number of likely N-dealkylation sites (N-methyl/N-ethyl adjacent to an activating group) is 1. The third-order valence-electron chi connectivity index (χ3n) is 4.36. The molecule has 1 aromatic carbocycles. The van der Waals surface area contributed by atoms with Crippen LogP contribution in [0.4, 0.5) is 11.4 Å². The van der Waals surface area contributed by atoms with E-state index < -0.39 is 0 Å². The quantitative estimate of drug-likeness (QED) is 0.849. The molecule has 2 N–H and O–H groups in total. The maximum Gasteiger partial charge on any atom is 0.115 e. The van der Waals surface area contributed by atoms with Crippen LogP contribution in [0.5, 0.6) is 0 Å². The van der Waals surface area contributed by atoms with Gasteiger partial charge in [0.2, 0.25) is 0 Å². The van der Waals surface area contributed by atoms with Crippen molar-refractivity contribution in [3.05, 3.63) is 39.8 Å². The molecule has 0 saturated carbocycles. The highest BCUT2D eigenvalue weighted by molar-refractivity contribution is 7.11. The average molecular weight is 331 g/mol. The van der Waals surface area contributed by atoms with Crippen molar-refractivity contribution in [2.75, 3.05) is 30.4 Å². The normalized spacial score (nSPS) is 15.1. The lowest BCUT2D eigenvalue weighted by Crippen LogP contribution is -2.20. The molecule has 23 heavy (non-hydrogen) atoms. The number of hydrogen-bond donors (Lipinski definition) is 2. The Balaban J connectivity index is 1.65. The molecule has 0 aliphatic heterocycles. The van der Waals surface area contributed by atoms with Crippen molar-refractivity contribution in [1.82, 2.24) is 4.98 Å². The summed E-state index contributed by atoms with van der Waals surface area (Å²) >= 11 is 1.87. The zero-order valence-corrected chi connectivity index (χ0v) is 14.7. The molecule has 5 heteroatoms. The van der Waals surface area contributed by atoms with Gasteiger partial charge in [-0.15, -0.1) is 11.3 Å². The molecule has 1 aliphatic carbocycles. The summed E-state index contributed by atoms with van der Waals surface area (Å²) in [6, 6.07) is 8.57. The van der Waals surface area contributed by atoms with E-state index in [2.05, 4.69) is 36.5 Å². The third-order valence-corrected chi connectivity index (χ3v) is 5.70. The number of aryl methyl sites for hydroxylation is 2. The lowest BCUT2D eigenvalue weighted by Gasteiger charge is -2.19. The zero-order chi connectivity index (χ0) is 16.2. The predicted octanol–water partition coefficient (Wildman–Crippen LogP) is 3.62. The zero-order valence-electron chi connectivity index (χ0n) is 13.9. The fraction of sp³-hybridized carbons (Fsp3) is 0.500. The maximum absolute atomic E-state index is 9.01. The smallest absolute Gasteiger partial charge is 0.115 e. The molecule has 1 unspecified atom stereocenters. The van der Waals surface area contributed by atoms with Crippen LogP contribution in [0.25, 0.3) is 0 Å². The van der Waals surface area contributed by atoms with Crippen LogP contribution >= 0.6 is 11.3 Å². The summed E-state index contributed by atoms with van der Waals surface area (Å²) in [6.45, 7) is 2.99. The van der Waals surface area contributed by atoms with E-state index in [1.54, 1.807) is 0 Å².